The number of aromatic nitrogens is 1. The fourth-order valence-corrected chi connectivity index (χ4v) is 2.52. The summed E-state index contributed by atoms with van der Waals surface area (Å²) in [5, 5.41) is 14.0. The van der Waals surface area contributed by atoms with Crippen molar-refractivity contribution in [2.24, 2.45) is 5.10 Å². The van der Waals surface area contributed by atoms with Gasteiger partial charge in [0.25, 0.3) is 0 Å². The molecule has 8 heteroatoms. The van der Waals surface area contributed by atoms with Gasteiger partial charge in [0.1, 0.15) is 10.6 Å². The average molecular weight is 326 g/mol. The maximum absolute atomic E-state index is 11.5. The summed E-state index contributed by atoms with van der Waals surface area (Å²) in [5.74, 6) is -0.410. The summed E-state index contributed by atoms with van der Waals surface area (Å²) in [6, 6.07) is 4.72. The van der Waals surface area contributed by atoms with E-state index in [1.807, 2.05) is 0 Å². The van der Waals surface area contributed by atoms with Crippen molar-refractivity contribution >= 4 is 40.3 Å². The van der Waals surface area contributed by atoms with Crippen LogP contribution in [0.15, 0.2) is 23.3 Å². The lowest BCUT2D eigenvalue weighted by Gasteiger charge is -1.97. The molecule has 0 aliphatic carbocycles. The Morgan fingerprint density at radius 1 is 1.57 bits per heavy atom. The minimum atomic E-state index is -0.424. The number of phenolic OH excluding ortho intramolecular Hbond substituents is 1. The van der Waals surface area contributed by atoms with Crippen LogP contribution in [0.2, 0.25) is 5.02 Å². The zero-order valence-corrected chi connectivity index (χ0v) is 12.8. The SMILES string of the molecule is COC(=O)c1sc(N/N=C\c2ccc(O)c(Cl)c2)nc1C. The fraction of sp³-hybridized carbons (Fsp3) is 0.154. The summed E-state index contributed by atoms with van der Waals surface area (Å²) in [6.07, 6.45) is 1.53. The second kappa shape index (κ2) is 6.55. The second-order valence-electron chi connectivity index (χ2n) is 4.01. The van der Waals surface area contributed by atoms with E-state index in [2.05, 4.69) is 20.2 Å². The summed E-state index contributed by atoms with van der Waals surface area (Å²) >= 11 is 6.95. The summed E-state index contributed by atoms with van der Waals surface area (Å²) in [5.41, 5.74) is 4.03. The Hall–Kier alpha value is -2.12. The van der Waals surface area contributed by atoms with Gasteiger partial charge in [-0.15, -0.1) is 0 Å². The molecule has 0 atom stereocenters. The first kappa shape index (κ1) is 15.3. The largest absolute Gasteiger partial charge is 0.506 e. The highest BCUT2D eigenvalue weighted by Gasteiger charge is 2.15. The van der Waals surface area contributed by atoms with E-state index >= 15 is 0 Å². The Morgan fingerprint density at radius 2 is 2.33 bits per heavy atom. The minimum Gasteiger partial charge on any atom is -0.506 e. The van der Waals surface area contributed by atoms with Gasteiger partial charge in [-0.05, 0) is 30.7 Å². The number of aromatic hydroxyl groups is 1. The number of esters is 1. The van der Waals surface area contributed by atoms with E-state index in [4.69, 9.17) is 11.6 Å². The highest BCUT2D eigenvalue weighted by molar-refractivity contribution is 7.17. The number of benzene rings is 1. The number of anilines is 1. The van der Waals surface area contributed by atoms with E-state index < -0.39 is 5.97 Å². The zero-order chi connectivity index (χ0) is 15.4. The molecular formula is C13H12ClN3O3S. The molecule has 1 aromatic carbocycles. The summed E-state index contributed by atoms with van der Waals surface area (Å²) in [7, 11) is 1.32. The number of methoxy groups -OCH3 is 1. The van der Waals surface area contributed by atoms with Crippen LogP contribution in [0, 0.1) is 6.92 Å². The van der Waals surface area contributed by atoms with Crippen molar-refractivity contribution in [1.82, 2.24) is 4.98 Å². The number of carbonyl (C=O) groups is 1. The molecule has 0 fully saturated rings. The van der Waals surface area contributed by atoms with Crippen molar-refractivity contribution in [2.45, 2.75) is 6.92 Å². The van der Waals surface area contributed by atoms with E-state index in [0.29, 0.717) is 21.3 Å². The normalized spacial score (nSPS) is 10.8. The highest BCUT2D eigenvalue weighted by atomic mass is 35.5. The van der Waals surface area contributed by atoms with Gasteiger partial charge in [0.2, 0.25) is 5.13 Å². The Morgan fingerprint density at radius 3 is 3.00 bits per heavy atom. The van der Waals surface area contributed by atoms with Gasteiger partial charge in [-0.3, -0.25) is 5.43 Å². The number of aryl methyl sites for hydroxylation is 1. The van der Waals surface area contributed by atoms with Crippen LogP contribution in [0.1, 0.15) is 20.9 Å². The van der Waals surface area contributed by atoms with Crippen molar-refractivity contribution in [3.63, 3.8) is 0 Å². The number of nitrogens with zero attached hydrogens (tertiary/aromatic N) is 2. The summed E-state index contributed by atoms with van der Waals surface area (Å²) in [6.45, 7) is 1.72. The van der Waals surface area contributed by atoms with Crippen LogP contribution in [-0.2, 0) is 4.74 Å². The summed E-state index contributed by atoms with van der Waals surface area (Å²) in [4.78, 5) is 16.1. The lowest BCUT2D eigenvalue weighted by atomic mass is 10.2. The molecule has 2 N–H and O–H groups in total. The number of hydrogen-bond donors (Lipinski definition) is 2. The van der Waals surface area contributed by atoms with Crippen molar-refractivity contribution in [2.75, 3.05) is 12.5 Å². The maximum atomic E-state index is 11.5. The molecule has 21 heavy (non-hydrogen) atoms. The molecule has 0 saturated heterocycles. The van der Waals surface area contributed by atoms with Gasteiger partial charge in [0.05, 0.1) is 24.0 Å². The van der Waals surface area contributed by atoms with Gasteiger partial charge in [-0.1, -0.05) is 22.9 Å². The quantitative estimate of drug-likeness (QED) is 0.513. The van der Waals surface area contributed by atoms with E-state index in [0.717, 1.165) is 11.3 Å². The molecule has 1 aromatic heterocycles. The smallest absolute Gasteiger partial charge is 0.350 e. The minimum absolute atomic E-state index is 0.0139. The first-order chi connectivity index (χ1) is 10.0. The van der Waals surface area contributed by atoms with Crippen LogP contribution < -0.4 is 5.43 Å². The van der Waals surface area contributed by atoms with Gasteiger partial charge in [-0.2, -0.15) is 5.10 Å². The average Bonchev–Trinajstić information content (AvgIpc) is 2.83. The van der Waals surface area contributed by atoms with Gasteiger partial charge in [0.15, 0.2) is 0 Å². The Kier molecular flexibility index (Phi) is 4.77. The van der Waals surface area contributed by atoms with Crippen LogP contribution in [0.4, 0.5) is 5.13 Å². The molecule has 2 aromatic rings. The number of hydrazone groups is 1. The number of phenols is 1. The molecule has 0 spiro atoms. The van der Waals surface area contributed by atoms with Gasteiger partial charge < -0.3 is 9.84 Å². The molecule has 0 saturated carbocycles. The van der Waals surface area contributed by atoms with Crippen LogP contribution >= 0.6 is 22.9 Å². The van der Waals surface area contributed by atoms with Crippen molar-refractivity contribution in [1.29, 1.82) is 0 Å². The monoisotopic (exact) mass is 325 g/mol. The Labute approximate surface area is 130 Å². The van der Waals surface area contributed by atoms with Gasteiger partial charge in [-0.25, -0.2) is 9.78 Å². The molecule has 0 amide bonds. The second-order valence-corrected chi connectivity index (χ2v) is 5.41. The first-order valence-corrected chi connectivity index (χ1v) is 7.04. The lowest BCUT2D eigenvalue weighted by molar-refractivity contribution is 0.0605. The first-order valence-electron chi connectivity index (χ1n) is 5.84. The third-order valence-electron chi connectivity index (χ3n) is 2.51. The molecule has 0 unspecified atom stereocenters. The zero-order valence-electron chi connectivity index (χ0n) is 11.3. The highest BCUT2D eigenvalue weighted by Crippen LogP contribution is 2.24. The van der Waals surface area contributed by atoms with E-state index in [1.54, 1.807) is 19.1 Å². The fourth-order valence-electron chi connectivity index (χ4n) is 1.49. The van der Waals surface area contributed by atoms with Crippen LogP contribution in [0.25, 0.3) is 0 Å². The van der Waals surface area contributed by atoms with Crippen LogP contribution in [-0.4, -0.2) is 29.4 Å². The number of ether oxygens (including phenoxy) is 1. The van der Waals surface area contributed by atoms with Gasteiger partial charge in [0, 0.05) is 0 Å². The molecular weight excluding hydrogens is 314 g/mol. The third kappa shape index (κ3) is 3.71. The molecule has 0 bridgehead atoms. The molecule has 110 valence electrons. The van der Waals surface area contributed by atoms with Crippen LogP contribution in [0.5, 0.6) is 5.75 Å². The molecule has 0 aliphatic rings. The molecule has 0 radical (unpaired) electrons. The number of hydrogen-bond acceptors (Lipinski definition) is 7. The number of rotatable bonds is 4. The number of nitrogens with one attached hydrogen (secondary N) is 1. The Bertz CT molecular complexity index is 700. The van der Waals surface area contributed by atoms with Crippen LogP contribution in [0.3, 0.4) is 0 Å². The van der Waals surface area contributed by atoms with E-state index in [-0.39, 0.29) is 10.8 Å². The third-order valence-corrected chi connectivity index (χ3v) is 3.86. The molecule has 2 rings (SSSR count). The predicted octanol–water partition coefficient (Wildman–Crippen LogP) is 3.04. The molecule has 1 heterocycles. The molecule has 6 nitrogen and oxygen atoms in total. The van der Waals surface area contributed by atoms with Gasteiger partial charge >= 0.3 is 5.97 Å². The number of halogens is 1. The van der Waals surface area contributed by atoms with E-state index in [1.165, 1.54) is 19.4 Å². The Balaban J connectivity index is 2.07. The van der Waals surface area contributed by atoms with Crippen molar-refractivity contribution in [3.05, 3.63) is 39.4 Å². The van der Waals surface area contributed by atoms with Crippen molar-refractivity contribution in [3.8, 4) is 5.75 Å². The standard InChI is InChI=1S/C13H12ClN3O3S/c1-7-11(12(19)20-2)21-13(16-7)17-15-6-8-3-4-10(18)9(14)5-8/h3-6,18H,1-2H3,(H,16,17)/b15-6-. The molecule has 0 aliphatic heterocycles. The van der Waals surface area contributed by atoms with E-state index in [9.17, 15) is 9.90 Å². The number of thiazole rings is 1. The maximum Gasteiger partial charge on any atom is 0.350 e. The topological polar surface area (TPSA) is 83.8 Å². The summed E-state index contributed by atoms with van der Waals surface area (Å²) < 4.78 is 4.66. The predicted molar refractivity (Wildman–Crippen MR) is 82.5 cm³/mol. The number of carbonyl (C=O) groups excluding carboxylic acids is 1. The lowest BCUT2D eigenvalue weighted by Crippen LogP contribution is -1.99. The van der Waals surface area contributed by atoms with Crippen molar-refractivity contribution < 1.29 is 14.6 Å².